The number of hydrogen-bond donors (Lipinski definition) is 1. The van der Waals surface area contributed by atoms with Crippen molar-refractivity contribution < 1.29 is 0 Å². The molecule has 1 N–H and O–H groups in total. The van der Waals surface area contributed by atoms with Crippen molar-refractivity contribution in [3.63, 3.8) is 0 Å². The summed E-state index contributed by atoms with van der Waals surface area (Å²) >= 11 is 7.83. The molecular weight excluding hydrogens is 264 g/mol. The fourth-order valence-electron chi connectivity index (χ4n) is 1.78. The molecule has 1 aromatic heterocycles. The van der Waals surface area contributed by atoms with Gasteiger partial charge in [-0.25, -0.2) is 4.98 Å². The molecule has 0 spiro atoms. The minimum absolute atomic E-state index is 0.726. The first kappa shape index (κ1) is 12.2. The Balaban J connectivity index is 1.76. The van der Waals surface area contributed by atoms with Gasteiger partial charge in [0.05, 0.1) is 5.69 Å². The van der Waals surface area contributed by atoms with Crippen LogP contribution in [0, 0.1) is 6.92 Å². The van der Waals surface area contributed by atoms with E-state index in [-0.39, 0.29) is 0 Å². The second-order valence-electron chi connectivity index (χ2n) is 4.76. The molecule has 4 heteroatoms. The molecule has 3 rings (SSSR count). The number of aromatic nitrogens is 1. The Morgan fingerprint density at radius 2 is 2.28 bits per heavy atom. The van der Waals surface area contributed by atoms with Gasteiger partial charge in [-0.2, -0.15) is 0 Å². The highest BCUT2D eigenvalue weighted by atomic mass is 35.5. The Morgan fingerprint density at radius 1 is 1.44 bits per heavy atom. The topological polar surface area (TPSA) is 24.9 Å². The summed E-state index contributed by atoms with van der Waals surface area (Å²) in [6.07, 6.45) is 2.62. The highest BCUT2D eigenvalue weighted by Gasteiger charge is 2.20. The van der Waals surface area contributed by atoms with Gasteiger partial charge >= 0.3 is 0 Å². The van der Waals surface area contributed by atoms with Crippen LogP contribution in [-0.4, -0.2) is 11.0 Å². The van der Waals surface area contributed by atoms with Crippen LogP contribution in [0.15, 0.2) is 23.6 Å². The summed E-state index contributed by atoms with van der Waals surface area (Å²) in [7, 11) is 0. The van der Waals surface area contributed by atoms with E-state index in [1.54, 1.807) is 11.3 Å². The summed E-state index contributed by atoms with van der Waals surface area (Å²) in [4.78, 5) is 4.65. The molecule has 0 amide bonds. The number of hydrogen-bond acceptors (Lipinski definition) is 3. The SMILES string of the molecule is Cc1ccc(-c2nc(CNC3CC3)cs2)cc1Cl. The summed E-state index contributed by atoms with van der Waals surface area (Å²) in [5, 5.41) is 7.45. The molecule has 2 aromatic rings. The number of nitrogens with zero attached hydrogens (tertiary/aromatic N) is 1. The van der Waals surface area contributed by atoms with Crippen LogP contribution in [0.2, 0.25) is 5.02 Å². The largest absolute Gasteiger partial charge is 0.308 e. The lowest BCUT2D eigenvalue weighted by Crippen LogP contribution is -2.15. The molecule has 0 saturated heterocycles. The Hall–Kier alpha value is -0.900. The maximum Gasteiger partial charge on any atom is 0.123 e. The Morgan fingerprint density at radius 3 is 3.00 bits per heavy atom. The van der Waals surface area contributed by atoms with E-state index in [1.165, 1.54) is 12.8 Å². The van der Waals surface area contributed by atoms with E-state index in [2.05, 4.69) is 21.7 Å². The maximum atomic E-state index is 6.15. The second-order valence-corrected chi connectivity index (χ2v) is 6.03. The summed E-state index contributed by atoms with van der Waals surface area (Å²) in [5.41, 5.74) is 3.33. The Kier molecular flexibility index (Phi) is 3.37. The van der Waals surface area contributed by atoms with Crippen LogP contribution >= 0.6 is 22.9 Å². The summed E-state index contributed by atoms with van der Waals surface area (Å²) in [5.74, 6) is 0. The van der Waals surface area contributed by atoms with Crippen LogP contribution in [0.4, 0.5) is 0 Å². The first-order valence-corrected chi connectivity index (χ1v) is 7.42. The number of aryl methyl sites for hydroxylation is 1. The number of thiazole rings is 1. The molecule has 0 radical (unpaired) electrons. The number of benzene rings is 1. The minimum atomic E-state index is 0.726. The third kappa shape index (κ3) is 2.74. The molecule has 94 valence electrons. The molecule has 1 fully saturated rings. The number of halogens is 1. The molecule has 0 bridgehead atoms. The van der Waals surface area contributed by atoms with E-state index in [4.69, 9.17) is 11.6 Å². The van der Waals surface area contributed by atoms with Gasteiger partial charge in [0.15, 0.2) is 0 Å². The molecule has 1 aliphatic carbocycles. The lowest BCUT2D eigenvalue weighted by molar-refractivity contribution is 0.678. The average Bonchev–Trinajstić information content (AvgIpc) is 3.08. The molecule has 0 aliphatic heterocycles. The summed E-state index contributed by atoms with van der Waals surface area (Å²) in [6.45, 7) is 2.89. The van der Waals surface area contributed by atoms with Crippen molar-refractivity contribution in [3.05, 3.63) is 39.9 Å². The van der Waals surface area contributed by atoms with Crippen molar-refractivity contribution >= 4 is 22.9 Å². The van der Waals surface area contributed by atoms with Gasteiger partial charge in [-0.05, 0) is 31.4 Å². The van der Waals surface area contributed by atoms with Gasteiger partial charge < -0.3 is 5.32 Å². The van der Waals surface area contributed by atoms with Gasteiger partial charge in [0, 0.05) is 28.6 Å². The van der Waals surface area contributed by atoms with Gasteiger partial charge in [-0.1, -0.05) is 23.7 Å². The van der Waals surface area contributed by atoms with Crippen LogP contribution in [0.25, 0.3) is 10.6 Å². The average molecular weight is 279 g/mol. The predicted molar refractivity (Wildman–Crippen MR) is 77.2 cm³/mol. The quantitative estimate of drug-likeness (QED) is 0.914. The highest BCUT2D eigenvalue weighted by Crippen LogP contribution is 2.28. The summed E-state index contributed by atoms with van der Waals surface area (Å²) < 4.78 is 0. The first-order chi connectivity index (χ1) is 8.72. The van der Waals surface area contributed by atoms with E-state index >= 15 is 0 Å². The van der Waals surface area contributed by atoms with Gasteiger partial charge in [-0.3, -0.25) is 0 Å². The summed E-state index contributed by atoms with van der Waals surface area (Å²) in [6, 6.07) is 6.84. The minimum Gasteiger partial charge on any atom is -0.308 e. The van der Waals surface area contributed by atoms with E-state index < -0.39 is 0 Å². The normalized spacial score (nSPS) is 15.0. The van der Waals surface area contributed by atoms with Crippen molar-refractivity contribution in [2.75, 3.05) is 0 Å². The molecule has 2 nitrogen and oxygen atoms in total. The molecule has 18 heavy (non-hydrogen) atoms. The Labute approximate surface area is 116 Å². The van der Waals surface area contributed by atoms with Crippen LogP contribution in [0.1, 0.15) is 24.1 Å². The Bertz CT molecular complexity index is 561. The smallest absolute Gasteiger partial charge is 0.123 e. The zero-order valence-corrected chi connectivity index (χ0v) is 11.8. The third-order valence-electron chi connectivity index (χ3n) is 3.12. The fourth-order valence-corrected chi connectivity index (χ4v) is 2.78. The first-order valence-electron chi connectivity index (χ1n) is 6.17. The molecule has 1 saturated carbocycles. The van der Waals surface area contributed by atoms with Crippen molar-refractivity contribution in [1.82, 2.24) is 10.3 Å². The fraction of sp³-hybridized carbons (Fsp3) is 0.357. The number of nitrogens with one attached hydrogen (secondary N) is 1. The van der Waals surface area contributed by atoms with E-state index in [1.807, 2.05) is 19.1 Å². The standard InChI is InChI=1S/C14H15ClN2S/c1-9-2-3-10(6-13(9)15)14-17-12(8-18-14)7-16-11-4-5-11/h2-3,6,8,11,16H,4-5,7H2,1H3. The zero-order chi connectivity index (χ0) is 12.5. The lowest BCUT2D eigenvalue weighted by atomic mass is 10.1. The van der Waals surface area contributed by atoms with Crippen molar-refractivity contribution in [1.29, 1.82) is 0 Å². The molecule has 1 aromatic carbocycles. The monoisotopic (exact) mass is 278 g/mol. The molecule has 0 atom stereocenters. The van der Waals surface area contributed by atoms with Crippen LogP contribution in [0.3, 0.4) is 0 Å². The van der Waals surface area contributed by atoms with Gasteiger partial charge in [0.2, 0.25) is 0 Å². The van der Waals surface area contributed by atoms with Crippen molar-refractivity contribution in [2.45, 2.75) is 32.4 Å². The van der Waals surface area contributed by atoms with Crippen LogP contribution in [-0.2, 0) is 6.54 Å². The maximum absolute atomic E-state index is 6.15. The number of rotatable bonds is 4. The molecule has 0 unspecified atom stereocenters. The molecular formula is C14H15ClN2S. The molecule has 1 aliphatic rings. The van der Waals surface area contributed by atoms with Gasteiger partial charge in [-0.15, -0.1) is 11.3 Å². The van der Waals surface area contributed by atoms with Crippen LogP contribution in [0.5, 0.6) is 0 Å². The van der Waals surface area contributed by atoms with E-state index in [9.17, 15) is 0 Å². The van der Waals surface area contributed by atoms with Gasteiger partial charge in [0.1, 0.15) is 5.01 Å². The predicted octanol–water partition coefficient (Wildman–Crippen LogP) is 4.02. The highest BCUT2D eigenvalue weighted by molar-refractivity contribution is 7.13. The van der Waals surface area contributed by atoms with E-state index in [0.717, 1.165) is 39.4 Å². The van der Waals surface area contributed by atoms with Crippen LogP contribution < -0.4 is 5.32 Å². The zero-order valence-electron chi connectivity index (χ0n) is 10.2. The van der Waals surface area contributed by atoms with Crippen molar-refractivity contribution in [2.24, 2.45) is 0 Å². The van der Waals surface area contributed by atoms with Gasteiger partial charge in [0.25, 0.3) is 0 Å². The second kappa shape index (κ2) is 5.00. The third-order valence-corrected chi connectivity index (χ3v) is 4.47. The van der Waals surface area contributed by atoms with E-state index in [0.29, 0.717) is 0 Å². The van der Waals surface area contributed by atoms with Crippen molar-refractivity contribution in [3.8, 4) is 10.6 Å². The molecule has 1 heterocycles. The lowest BCUT2D eigenvalue weighted by Gasteiger charge is -2.01.